The van der Waals surface area contributed by atoms with Crippen LogP contribution in [0.4, 0.5) is 10.1 Å². The van der Waals surface area contributed by atoms with E-state index in [0.717, 1.165) is 0 Å². The van der Waals surface area contributed by atoms with Crippen LogP contribution in [-0.2, 0) is 15.6 Å². The Kier molecular flexibility index (Phi) is 3.91. The Hall–Kier alpha value is -1.40. The molecule has 0 bridgehead atoms. The molecule has 100 valence electrons. The van der Waals surface area contributed by atoms with E-state index in [1.165, 1.54) is 24.3 Å². The molecule has 0 atom stereocenters. The molecule has 0 heterocycles. The molecule has 0 unspecified atom stereocenters. The van der Waals surface area contributed by atoms with Crippen LogP contribution in [0.2, 0.25) is 0 Å². The van der Waals surface area contributed by atoms with E-state index in [2.05, 4.69) is 15.9 Å². The van der Waals surface area contributed by atoms with Gasteiger partial charge in [-0.05, 0) is 34.1 Å². The van der Waals surface area contributed by atoms with Crippen LogP contribution in [0.15, 0.2) is 51.8 Å². The fourth-order valence-electron chi connectivity index (χ4n) is 1.69. The Morgan fingerprint density at radius 2 is 1.79 bits per heavy atom. The van der Waals surface area contributed by atoms with E-state index in [0.29, 0.717) is 4.47 Å². The first kappa shape index (κ1) is 14.0. The lowest BCUT2D eigenvalue weighted by atomic mass is 10.2. The lowest BCUT2D eigenvalue weighted by molar-refractivity contribution is 0.587. The minimum Gasteiger partial charge on any atom is -0.396 e. The van der Waals surface area contributed by atoms with Gasteiger partial charge in [-0.3, -0.25) is 0 Å². The molecule has 2 N–H and O–H groups in total. The highest BCUT2D eigenvalue weighted by molar-refractivity contribution is 9.10. The first-order chi connectivity index (χ1) is 8.92. The smallest absolute Gasteiger partial charge is 0.183 e. The van der Waals surface area contributed by atoms with Gasteiger partial charge in [-0.2, -0.15) is 0 Å². The highest BCUT2D eigenvalue weighted by Gasteiger charge is 2.20. The van der Waals surface area contributed by atoms with E-state index in [1.54, 1.807) is 18.2 Å². The number of halogens is 2. The van der Waals surface area contributed by atoms with Crippen LogP contribution in [0.5, 0.6) is 0 Å². The van der Waals surface area contributed by atoms with Crippen LogP contribution in [0.25, 0.3) is 0 Å². The van der Waals surface area contributed by atoms with Crippen LogP contribution in [0.1, 0.15) is 5.56 Å². The Morgan fingerprint density at radius 3 is 2.47 bits per heavy atom. The van der Waals surface area contributed by atoms with Crippen molar-refractivity contribution in [2.75, 3.05) is 5.73 Å². The highest BCUT2D eigenvalue weighted by Crippen LogP contribution is 2.26. The van der Waals surface area contributed by atoms with Gasteiger partial charge in [0.25, 0.3) is 0 Å². The molecule has 2 rings (SSSR count). The SMILES string of the molecule is Nc1cccc(CS(=O)(=O)c2ccccc2Br)c1F. The fraction of sp³-hybridized carbons (Fsp3) is 0.0769. The number of hydrogen-bond acceptors (Lipinski definition) is 3. The number of anilines is 1. The van der Waals surface area contributed by atoms with Crippen molar-refractivity contribution in [3.05, 3.63) is 58.3 Å². The molecule has 2 aromatic rings. The van der Waals surface area contributed by atoms with Crippen LogP contribution >= 0.6 is 15.9 Å². The summed E-state index contributed by atoms with van der Waals surface area (Å²) < 4.78 is 38.7. The van der Waals surface area contributed by atoms with Crippen molar-refractivity contribution in [1.29, 1.82) is 0 Å². The van der Waals surface area contributed by atoms with Crippen molar-refractivity contribution in [1.82, 2.24) is 0 Å². The third-order valence-electron chi connectivity index (χ3n) is 2.63. The molecule has 0 aliphatic carbocycles. The standard InChI is InChI=1S/C13H11BrFNO2S/c14-10-5-1-2-7-12(10)19(17,18)8-9-4-3-6-11(16)13(9)15/h1-7H,8,16H2. The highest BCUT2D eigenvalue weighted by atomic mass is 79.9. The summed E-state index contributed by atoms with van der Waals surface area (Å²) in [6.07, 6.45) is 0. The van der Waals surface area contributed by atoms with Crippen molar-refractivity contribution >= 4 is 31.5 Å². The first-order valence-electron chi connectivity index (χ1n) is 5.42. The zero-order valence-electron chi connectivity index (χ0n) is 9.81. The van der Waals surface area contributed by atoms with E-state index < -0.39 is 21.4 Å². The zero-order valence-corrected chi connectivity index (χ0v) is 12.2. The molecule has 0 saturated carbocycles. The number of nitrogen functional groups attached to an aromatic ring is 1. The Balaban J connectivity index is 2.43. The summed E-state index contributed by atoms with van der Waals surface area (Å²) in [4.78, 5) is 0.136. The summed E-state index contributed by atoms with van der Waals surface area (Å²) in [7, 11) is -3.63. The van der Waals surface area contributed by atoms with E-state index in [9.17, 15) is 12.8 Å². The Morgan fingerprint density at radius 1 is 1.11 bits per heavy atom. The minimum absolute atomic E-state index is 0.0557. The van der Waals surface area contributed by atoms with Crippen molar-refractivity contribution in [2.45, 2.75) is 10.6 Å². The Bertz CT molecular complexity index is 716. The first-order valence-corrected chi connectivity index (χ1v) is 7.86. The van der Waals surface area contributed by atoms with Crippen molar-refractivity contribution in [3.63, 3.8) is 0 Å². The molecule has 0 aliphatic heterocycles. The van der Waals surface area contributed by atoms with E-state index in [4.69, 9.17) is 5.73 Å². The van der Waals surface area contributed by atoms with Gasteiger partial charge in [-0.1, -0.05) is 24.3 Å². The molecule has 0 saturated heterocycles. The average molecular weight is 344 g/mol. The van der Waals surface area contributed by atoms with Crippen LogP contribution in [-0.4, -0.2) is 8.42 Å². The third-order valence-corrected chi connectivity index (χ3v) is 5.30. The van der Waals surface area contributed by atoms with E-state index >= 15 is 0 Å². The van der Waals surface area contributed by atoms with Crippen molar-refractivity contribution < 1.29 is 12.8 Å². The molecule has 0 radical (unpaired) electrons. The summed E-state index contributed by atoms with van der Waals surface area (Å²) in [5, 5.41) is 0. The van der Waals surface area contributed by atoms with Gasteiger partial charge in [0.15, 0.2) is 9.84 Å². The second-order valence-corrected chi connectivity index (χ2v) is 6.82. The fourth-order valence-corrected chi connectivity index (χ4v) is 4.15. The molecule has 3 nitrogen and oxygen atoms in total. The molecule has 6 heteroatoms. The lowest BCUT2D eigenvalue weighted by Crippen LogP contribution is -2.08. The van der Waals surface area contributed by atoms with Gasteiger partial charge in [-0.25, -0.2) is 12.8 Å². The van der Waals surface area contributed by atoms with Gasteiger partial charge in [0.05, 0.1) is 16.3 Å². The predicted molar refractivity (Wildman–Crippen MR) is 75.8 cm³/mol. The van der Waals surface area contributed by atoms with Gasteiger partial charge in [0.1, 0.15) is 5.82 Å². The number of hydrogen-bond donors (Lipinski definition) is 1. The predicted octanol–water partition coefficient (Wildman–Crippen LogP) is 3.14. The largest absolute Gasteiger partial charge is 0.396 e. The number of rotatable bonds is 3. The third kappa shape index (κ3) is 2.96. The van der Waals surface area contributed by atoms with E-state index in [-0.39, 0.29) is 16.1 Å². The summed E-state index contributed by atoms with van der Waals surface area (Å²) in [5.74, 6) is -1.11. The van der Waals surface area contributed by atoms with E-state index in [1.807, 2.05) is 0 Å². The number of benzene rings is 2. The zero-order chi connectivity index (χ0) is 14.0. The normalized spacial score (nSPS) is 11.5. The molecule has 0 amide bonds. The number of nitrogens with two attached hydrogens (primary N) is 1. The maximum atomic E-state index is 13.7. The van der Waals surface area contributed by atoms with Gasteiger partial charge in [0, 0.05) is 10.0 Å². The topological polar surface area (TPSA) is 60.2 Å². The second-order valence-electron chi connectivity index (χ2n) is 4.01. The summed E-state index contributed by atoms with van der Waals surface area (Å²) in [5.41, 5.74) is 5.44. The van der Waals surface area contributed by atoms with Gasteiger partial charge in [-0.15, -0.1) is 0 Å². The van der Waals surface area contributed by atoms with Crippen LogP contribution < -0.4 is 5.73 Å². The minimum atomic E-state index is -3.63. The molecule has 0 aromatic heterocycles. The summed E-state index contributed by atoms with van der Waals surface area (Å²) >= 11 is 3.18. The molecule has 0 aliphatic rings. The van der Waals surface area contributed by atoms with Gasteiger partial charge < -0.3 is 5.73 Å². The molecule has 19 heavy (non-hydrogen) atoms. The number of sulfone groups is 1. The summed E-state index contributed by atoms with van der Waals surface area (Å²) in [6, 6.07) is 10.8. The second kappa shape index (κ2) is 5.30. The molecule has 0 fully saturated rings. The molecule has 2 aromatic carbocycles. The maximum absolute atomic E-state index is 13.7. The molecular weight excluding hydrogens is 333 g/mol. The van der Waals surface area contributed by atoms with Crippen LogP contribution in [0.3, 0.4) is 0 Å². The van der Waals surface area contributed by atoms with Crippen LogP contribution in [0, 0.1) is 5.82 Å². The monoisotopic (exact) mass is 343 g/mol. The molecular formula is C13H11BrFNO2S. The van der Waals surface area contributed by atoms with Gasteiger partial charge >= 0.3 is 0 Å². The average Bonchev–Trinajstić information content (AvgIpc) is 2.35. The van der Waals surface area contributed by atoms with Crippen molar-refractivity contribution in [3.8, 4) is 0 Å². The quantitative estimate of drug-likeness (QED) is 0.871. The Labute approximate surface area is 119 Å². The summed E-state index contributed by atoms with van der Waals surface area (Å²) in [6.45, 7) is 0. The lowest BCUT2D eigenvalue weighted by Gasteiger charge is -2.08. The van der Waals surface area contributed by atoms with Crippen molar-refractivity contribution in [2.24, 2.45) is 0 Å². The van der Waals surface area contributed by atoms with Gasteiger partial charge in [0.2, 0.25) is 0 Å². The molecule has 0 spiro atoms. The maximum Gasteiger partial charge on any atom is 0.183 e.